The van der Waals surface area contributed by atoms with Crippen molar-refractivity contribution in [3.8, 4) is 6.01 Å². The van der Waals surface area contributed by atoms with Crippen LogP contribution in [-0.2, 0) is 23.8 Å². The van der Waals surface area contributed by atoms with Crippen LogP contribution in [0.1, 0.15) is 47.8 Å². The summed E-state index contributed by atoms with van der Waals surface area (Å²) >= 11 is 0. The zero-order valence-electron chi connectivity index (χ0n) is 16.9. The second-order valence-electron chi connectivity index (χ2n) is 9.07. The molecule has 0 aromatic carbocycles. The van der Waals surface area contributed by atoms with Gasteiger partial charge in [0.15, 0.2) is 18.4 Å². The lowest BCUT2D eigenvalue weighted by molar-refractivity contribution is -0.170. The summed E-state index contributed by atoms with van der Waals surface area (Å²) in [4.78, 5) is 39.9. The number of carbonyl (C=O) groups excluding carboxylic acids is 2. The van der Waals surface area contributed by atoms with Gasteiger partial charge in [-0.15, -0.1) is 0 Å². The zero-order valence-corrected chi connectivity index (χ0v) is 16.9. The molecular formula is C19H26N2O7. The van der Waals surface area contributed by atoms with Crippen LogP contribution >= 0.6 is 0 Å². The van der Waals surface area contributed by atoms with Crippen molar-refractivity contribution >= 4 is 11.9 Å². The van der Waals surface area contributed by atoms with E-state index in [0.717, 1.165) is 0 Å². The lowest BCUT2D eigenvalue weighted by Crippen LogP contribution is -2.43. The first-order valence-corrected chi connectivity index (χ1v) is 9.17. The van der Waals surface area contributed by atoms with Crippen LogP contribution in [0.2, 0.25) is 0 Å². The number of carbonyl (C=O) groups is 2. The maximum atomic E-state index is 12.5. The molecule has 4 atom stereocenters. The van der Waals surface area contributed by atoms with Gasteiger partial charge in [0, 0.05) is 12.3 Å². The average Bonchev–Trinajstić information content (AvgIpc) is 3.06. The molecule has 0 radical (unpaired) electrons. The number of aromatic nitrogens is 2. The van der Waals surface area contributed by atoms with E-state index >= 15 is 0 Å². The molecule has 1 saturated heterocycles. The van der Waals surface area contributed by atoms with E-state index in [1.54, 1.807) is 46.1 Å². The van der Waals surface area contributed by atoms with Crippen molar-refractivity contribution in [3.63, 3.8) is 0 Å². The summed E-state index contributed by atoms with van der Waals surface area (Å²) in [5, 5.41) is 0. The largest absolute Gasteiger partial charge is 0.462 e. The maximum Gasteiger partial charge on any atom is 0.311 e. The highest BCUT2D eigenvalue weighted by Crippen LogP contribution is 2.41. The number of hydrogen-bond acceptors (Lipinski definition) is 8. The number of rotatable bonds is 3. The minimum absolute atomic E-state index is 0.0858. The van der Waals surface area contributed by atoms with Crippen LogP contribution in [0.3, 0.4) is 0 Å². The number of nitrogens with zero attached hydrogens (tertiary/aromatic N) is 2. The molecule has 0 unspecified atom stereocenters. The van der Waals surface area contributed by atoms with Gasteiger partial charge in [-0.3, -0.25) is 19.0 Å². The van der Waals surface area contributed by atoms with Gasteiger partial charge in [0.2, 0.25) is 0 Å². The van der Waals surface area contributed by atoms with Crippen LogP contribution in [0.25, 0.3) is 0 Å². The summed E-state index contributed by atoms with van der Waals surface area (Å²) in [5.74, 6) is -0.823. The average molecular weight is 394 g/mol. The quantitative estimate of drug-likeness (QED) is 0.709. The molecule has 2 aliphatic heterocycles. The van der Waals surface area contributed by atoms with Crippen LogP contribution in [0, 0.1) is 10.8 Å². The molecule has 0 saturated carbocycles. The van der Waals surface area contributed by atoms with Crippen molar-refractivity contribution in [1.29, 1.82) is 0 Å². The van der Waals surface area contributed by atoms with Crippen molar-refractivity contribution in [1.82, 2.24) is 9.55 Å². The molecule has 9 nitrogen and oxygen atoms in total. The van der Waals surface area contributed by atoms with Gasteiger partial charge < -0.3 is 18.9 Å². The molecule has 1 fully saturated rings. The SMILES string of the molecule is CC(C)(C)C(=O)OC[C@H]1O[C@@H]2[C@@H](Oc3nc(=O)ccn32)[C@@H]1OC(=O)C(C)(C)C. The molecular weight excluding hydrogens is 368 g/mol. The van der Waals surface area contributed by atoms with E-state index in [1.165, 1.54) is 12.3 Å². The molecule has 154 valence electrons. The Kier molecular flexibility index (Phi) is 4.99. The van der Waals surface area contributed by atoms with E-state index in [9.17, 15) is 14.4 Å². The van der Waals surface area contributed by atoms with Crippen LogP contribution in [0.4, 0.5) is 0 Å². The summed E-state index contributed by atoms with van der Waals surface area (Å²) < 4.78 is 24.4. The van der Waals surface area contributed by atoms with Gasteiger partial charge in [-0.1, -0.05) is 0 Å². The summed E-state index contributed by atoms with van der Waals surface area (Å²) in [7, 11) is 0. The molecule has 0 spiro atoms. The second kappa shape index (κ2) is 6.88. The molecule has 0 N–H and O–H groups in total. The van der Waals surface area contributed by atoms with E-state index in [2.05, 4.69) is 4.98 Å². The minimum Gasteiger partial charge on any atom is -0.462 e. The molecule has 1 aromatic heterocycles. The fourth-order valence-corrected chi connectivity index (χ4v) is 2.81. The van der Waals surface area contributed by atoms with Gasteiger partial charge in [0.1, 0.15) is 12.7 Å². The van der Waals surface area contributed by atoms with E-state index in [-0.39, 0.29) is 18.6 Å². The Morgan fingerprint density at radius 1 is 1.14 bits per heavy atom. The molecule has 28 heavy (non-hydrogen) atoms. The Hall–Kier alpha value is -2.42. The molecule has 0 aliphatic carbocycles. The number of hydrogen-bond donors (Lipinski definition) is 0. The van der Waals surface area contributed by atoms with Gasteiger partial charge in [0.25, 0.3) is 5.56 Å². The topological polar surface area (TPSA) is 106 Å². The van der Waals surface area contributed by atoms with Crippen molar-refractivity contribution in [2.45, 2.75) is 66.1 Å². The predicted octanol–water partition coefficient (Wildman–Crippen LogP) is 1.45. The summed E-state index contributed by atoms with van der Waals surface area (Å²) in [5.41, 5.74) is -1.84. The van der Waals surface area contributed by atoms with Crippen molar-refractivity contribution in [2.24, 2.45) is 10.8 Å². The third kappa shape index (κ3) is 3.89. The molecule has 0 bridgehead atoms. The van der Waals surface area contributed by atoms with Crippen LogP contribution in [0.15, 0.2) is 17.1 Å². The van der Waals surface area contributed by atoms with E-state index in [1.807, 2.05) is 0 Å². The third-order valence-electron chi connectivity index (χ3n) is 4.45. The van der Waals surface area contributed by atoms with Crippen LogP contribution < -0.4 is 10.3 Å². The smallest absolute Gasteiger partial charge is 0.311 e. The van der Waals surface area contributed by atoms with E-state index in [0.29, 0.717) is 0 Å². The van der Waals surface area contributed by atoms with Gasteiger partial charge in [-0.2, -0.15) is 4.98 Å². The Balaban J connectivity index is 1.82. The Morgan fingerprint density at radius 2 is 1.79 bits per heavy atom. The fourth-order valence-electron chi connectivity index (χ4n) is 2.81. The summed E-state index contributed by atoms with van der Waals surface area (Å²) in [6.07, 6.45) is -1.35. The molecule has 2 aliphatic rings. The second-order valence-corrected chi connectivity index (χ2v) is 9.07. The molecule has 0 amide bonds. The number of esters is 2. The van der Waals surface area contributed by atoms with Crippen LogP contribution in [0.5, 0.6) is 6.01 Å². The highest BCUT2D eigenvalue weighted by atomic mass is 16.7. The summed E-state index contributed by atoms with van der Waals surface area (Å²) in [6, 6.07) is 1.39. The van der Waals surface area contributed by atoms with Gasteiger partial charge in [0.05, 0.1) is 10.8 Å². The number of fused-ring (bicyclic) bond motifs is 3. The standard InChI is InChI=1S/C19H26N2O7/c1-18(2,3)15(23)25-9-10-12(27-16(24)19(4,5)6)13-14(26-10)21-8-7-11(22)20-17(21)28-13/h7-8,10,12-14H,9H2,1-6H3/t10-,12-,13+,14-/m1/s1. The monoisotopic (exact) mass is 394 g/mol. The van der Waals surface area contributed by atoms with E-state index in [4.69, 9.17) is 18.9 Å². The molecule has 1 aromatic rings. The zero-order chi connectivity index (χ0) is 20.9. The number of ether oxygens (including phenoxy) is 4. The first kappa shape index (κ1) is 20.3. The first-order valence-electron chi connectivity index (χ1n) is 9.17. The predicted molar refractivity (Wildman–Crippen MR) is 96.6 cm³/mol. The Labute approximate surface area is 162 Å². The lowest BCUT2D eigenvalue weighted by atomic mass is 9.97. The Morgan fingerprint density at radius 3 is 2.39 bits per heavy atom. The van der Waals surface area contributed by atoms with Crippen molar-refractivity contribution in [2.75, 3.05) is 6.61 Å². The minimum atomic E-state index is -0.818. The van der Waals surface area contributed by atoms with E-state index < -0.39 is 46.9 Å². The lowest BCUT2D eigenvalue weighted by Gasteiger charge is -2.26. The Bertz CT molecular complexity index is 834. The highest BCUT2D eigenvalue weighted by Gasteiger charge is 2.55. The van der Waals surface area contributed by atoms with Crippen molar-refractivity contribution < 1.29 is 28.5 Å². The van der Waals surface area contributed by atoms with Crippen LogP contribution in [-0.4, -0.2) is 46.4 Å². The maximum absolute atomic E-state index is 12.5. The first-order chi connectivity index (χ1) is 12.9. The van der Waals surface area contributed by atoms with Gasteiger partial charge >= 0.3 is 17.9 Å². The molecule has 9 heteroatoms. The highest BCUT2D eigenvalue weighted by molar-refractivity contribution is 5.76. The summed E-state index contributed by atoms with van der Waals surface area (Å²) in [6.45, 7) is 10.4. The molecule has 3 heterocycles. The van der Waals surface area contributed by atoms with Crippen molar-refractivity contribution in [3.05, 3.63) is 22.6 Å². The molecule has 3 rings (SSSR count). The van der Waals surface area contributed by atoms with Gasteiger partial charge in [-0.25, -0.2) is 0 Å². The fraction of sp³-hybridized carbons (Fsp3) is 0.684. The third-order valence-corrected chi connectivity index (χ3v) is 4.45. The van der Waals surface area contributed by atoms with Gasteiger partial charge in [-0.05, 0) is 41.5 Å². The normalized spacial score (nSPS) is 26.2.